The minimum Gasteiger partial charge on any atom is -0.480 e. The van der Waals surface area contributed by atoms with E-state index in [9.17, 15) is 19.5 Å². The Morgan fingerprint density at radius 2 is 2.04 bits per heavy atom. The zero-order chi connectivity index (χ0) is 20.5. The van der Waals surface area contributed by atoms with Crippen LogP contribution < -0.4 is 10.6 Å². The highest BCUT2D eigenvalue weighted by molar-refractivity contribution is 7.98. The highest BCUT2D eigenvalue weighted by Gasteiger charge is 2.35. The standard InChI is InChI=1S/C19H27N3O4S2/c1-28-9-6-15(19(25)26)21-18(24)16-10-13-4-2-3-5-14(13)12-22(16)17(23)11-20-7-8-27/h2-5,15-16,20,27H,6-12H2,1H3,(H,21,24)(H,25,26)/t15-,16-/m0/s1. The molecule has 0 saturated heterocycles. The van der Waals surface area contributed by atoms with Crippen molar-refractivity contribution in [2.24, 2.45) is 0 Å². The Morgan fingerprint density at radius 3 is 2.68 bits per heavy atom. The number of fused-ring (bicyclic) bond motifs is 1. The maximum absolute atomic E-state index is 12.9. The van der Waals surface area contributed by atoms with E-state index in [4.69, 9.17) is 0 Å². The van der Waals surface area contributed by atoms with Crippen molar-refractivity contribution in [2.45, 2.75) is 31.5 Å². The van der Waals surface area contributed by atoms with Gasteiger partial charge in [0, 0.05) is 25.3 Å². The Morgan fingerprint density at radius 1 is 1.32 bits per heavy atom. The molecule has 2 amide bonds. The van der Waals surface area contributed by atoms with Crippen LogP contribution in [0.4, 0.5) is 0 Å². The lowest BCUT2D eigenvalue weighted by Gasteiger charge is -2.36. The monoisotopic (exact) mass is 425 g/mol. The molecule has 9 heteroatoms. The molecular formula is C19H27N3O4S2. The lowest BCUT2D eigenvalue weighted by atomic mass is 9.93. The molecule has 0 fully saturated rings. The molecule has 0 spiro atoms. The summed E-state index contributed by atoms with van der Waals surface area (Å²) >= 11 is 5.64. The second kappa shape index (κ2) is 11.3. The van der Waals surface area contributed by atoms with Crippen LogP contribution in [0.5, 0.6) is 0 Å². The second-order valence-electron chi connectivity index (χ2n) is 6.59. The van der Waals surface area contributed by atoms with Crippen molar-refractivity contribution in [1.82, 2.24) is 15.5 Å². The zero-order valence-corrected chi connectivity index (χ0v) is 17.6. The first-order valence-electron chi connectivity index (χ1n) is 9.17. The Hall–Kier alpha value is -1.71. The summed E-state index contributed by atoms with van der Waals surface area (Å²) < 4.78 is 0. The quantitative estimate of drug-likeness (QED) is 0.327. The van der Waals surface area contributed by atoms with Crippen LogP contribution >= 0.6 is 24.4 Å². The average molecular weight is 426 g/mol. The van der Waals surface area contributed by atoms with Gasteiger partial charge >= 0.3 is 5.97 Å². The van der Waals surface area contributed by atoms with Crippen molar-refractivity contribution in [3.63, 3.8) is 0 Å². The second-order valence-corrected chi connectivity index (χ2v) is 8.02. The molecule has 1 heterocycles. The molecule has 0 aromatic heterocycles. The smallest absolute Gasteiger partial charge is 0.326 e. The van der Waals surface area contributed by atoms with E-state index < -0.39 is 24.0 Å². The fourth-order valence-corrected chi connectivity index (χ4v) is 3.79. The third-order valence-corrected chi connectivity index (χ3v) is 5.53. The molecule has 3 N–H and O–H groups in total. The zero-order valence-electron chi connectivity index (χ0n) is 15.9. The van der Waals surface area contributed by atoms with E-state index in [0.29, 0.717) is 37.4 Å². The van der Waals surface area contributed by atoms with Crippen LogP contribution in [0.2, 0.25) is 0 Å². The number of benzene rings is 1. The Bertz CT molecular complexity index is 702. The number of thioether (sulfide) groups is 1. The normalized spacial score (nSPS) is 16.9. The Labute approximate surface area is 175 Å². The van der Waals surface area contributed by atoms with Gasteiger partial charge in [0.2, 0.25) is 11.8 Å². The predicted molar refractivity (Wildman–Crippen MR) is 114 cm³/mol. The van der Waals surface area contributed by atoms with E-state index in [0.717, 1.165) is 11.1 Å². The lowest BCUT2D eigenvalue weighted by molar-refractivity contribution is -0.145. The number of hydrogen-bond donors (Lipinski definition) is 4. The van der Waals surface area contributed by atoms with Crippen molar-refractivity contribution in [2.75, 3.05) is 30.9 Å². The molecule has 2 rings (SSSR count). The van der Waals surface area contributed by atoms with Crippen LogP contribution in [-0.2, 0) is 27.3 Å². The van der Waals surface area contributed by atoms with Gasteiger partial charge in [-0.3, -0.25) is 9.59 Å². The number of nitrogens with one attached hydrogen (secondary N) is 2. The number of carboxylic acids is 1. The first kappa shape index (κ1) is 22.6. The maximum atomic E-state index is 12.9. The summed E-state index contributed by atoms with van der Waals surface area (Å²) in [4.78, 5) is 38.7. The first-order chi connectivity index (χ1) is 13.5. The summed E-state index contributed by atoms with van der Waals surface area (Å²) in [5.41, 5.74) is 2.01. The molecule has 1 aromatic carbocycles. The number of nitrogens with zero attached hydrogens (tertiary/aromatic N) is 1. The third kappa shape index (κ3) is 6.15. The number of carbonyl (C=O) groups excluding carboxylic acids is 2. The van der Waals surface area contributed by atoms with E-state index in [1.165, 1.54) is 16.7 Å². The first-order valence-corrected chi connectivity index (χ1v) is 11.2. The predicted octanol–water partition coefficient (Wildman–Crippen LogP) is 0.782. The maximum Gasteiger partial charge on any atom is 0.326 e. The average Bonchev–Trinajstić information content (AvgIpc) is 2.69. The lowest BCUT2D eigenvalue weighted by Crippen LogP contribution is -2.56. The Balaban J connectivity index is 2.17. The highest BCUT2D eigenvalue weighted by atomic mass is 32.2. The molecule has 0 saturated carbocycles. The molecule has 2 atom stereocenters. The van der Waals surface area contributed by atoms with Crippen LogP contribution in [0.25, 0.3) is 0 Å². The van der Waals surface area contributed by atoms with Gasteiger partial charge in [-0.15, -0.1) is 0 Å². The summed E-state index contributed by atoms with van der Waals surface area (Å²) in [5.74, 6) is -0.443. The van der Waals surface area contributed by atoms with Crippen LogP contribution in [0, 0.1) is 0 Å². The summed E-state index contributed by atoms with van der Waals surface area (Å²) in [5, 5.41) is 15.0. The Kier molecular flexibility index (Phi) is 9.14. The summed E-state index contributed by atoms with van der Waals surface area (Å²) in [6.45, 7) is 1.03. The number of hydrogen-bond acceptors (Lipinski definition) is 6. The van der Waals surface area contributed by atoms with Crippen molar-refractivity contribution in [1.29, 1.82) is 0 Å². The summed E-state index contributed by atoms with van der Waals surface area (Å²) in [7, 11) is 0. The number of carboxylic acid groups (broad SMARTS) is 1. The number of amides is 2. The highest BCUT2D eigenvalue weighted by Crippen LogP contribution is 2.23. The van der Waals surface area contributed by atoms with Gasteiger partial charge in [0.1, 0.15) is 12.1 Å². The molecule has 7 nitrogen and oxygen atoms in total. The SMILES string of the molecule is CSCC[C@H](NC(=O)[C@@H]1Cc2ccccc2CN1C(=O)CNCCS)C(=O)O. The molecule has 28 heavy (non-hydrogen) atoms. The van der Waals surface area contributed by atoms with Crippen molar-refractivity contribution in [3.8, 4) is 0 Å². The van der Waals surface area contributed by atoms with Crippen molar-refractivity contribution < 1.29 is 19.5 Å². The van der Waals surface area contributed by atoms with Crippen LogP contribution in [0.1, 0.15) is 17.5 Å². The van der Waals surface area contributed by atoms with Crippen LogP contribution in [-0.4, -0.2) is 70.7 Å². The molecule has 1 aromatic rings. The summed E-state index contributed by atoms with van der Waals surface area (Å²) in [6.07, 6.45) is 2.59. The van der Waals surface area contributed by atoms with Gasteiger partial charge in [0.15, 0.2) is 0 Å². The fourth-order valence-electron chi connectivity index (χ4n) is 3.16. The molecule has 0 radical (unpaired) electrons. The van der Waals surface area contributed by atoms with E-state index in [-0.39, 0.29) is 12.5 Å². The van der Waals surface area contributed by atoms with Gasteiger partial charge in [-0.1, -0.05) is 24.3 Å². The van der Waals surface area contributed by atoms with Gasteiger partial charge in [0.05, 0.1) is 6.54 Å². The van der Waals surface area contributed by atoms with Crippen LogP contribution in [0.15, 0.2) is 24.3 Å². The van der Waals surface area contributed by atoms with E-state index in [2.05, 4.69) is 23.3 Å². The van der Waals surface area contributed by atoms with Gasteiger partial charge in [-0.2, -0.15) is 24.4 Å². The van der Waals surface area contributed by atoms with Crippen LogP contribution in [0.3, 0.4) is 0 Å². The van der Waals surface area contributed by atoms with Gasteiger partial charge < -0.3 is 20.6 Å². The van der Waals surface area contributed by atoms with E-state index in [1.54, 1.807) is 0 Å². The van der Waals surface area contributed by atoms with E-state index >= 15 is 0 Å². The largest absolute Gasteiger partial charge is 0.480 e. The number of rotatable bonds is 10. The van der Waals surface area contributed by atoms with Gasteiger partial charge in [-0.25, -0.2) is 4.79 Å². The number of aliphatic carboxylic acids is 1. The van der Waals surface area contributed by atoms with Gasteiger partial charge in [-0.05, 0) is 29.6 Å². The topological polar surface area (TPSA) is 98.7 Å². The molecule has 1 aliphatic heterocycles. The number of carbonyl (C=O) groups is 3. The molecular weight excluding hydrogens is 398 g/mol. The summed E-state index contributed by atoms with van der Waals surface area (Å²) in [6, 6.07) is 6.01. The molecule has 154 valence electrons. The van der Waals surface area contributed by atoms with Gasteiger partial charge in [0.25, 0.3) is 0 Å². The van der Waals surface area contributed by atoms with Crippen molar-refractivity contribution in [3.05, 3.63) is 35.4 Å². The molecule has 0 bridgehead atoms. The molecule has 0 unspecified atom stereocenters. The minimum absolute atomic E-state index is 0.112. The minimum atomic E-state index is -1.06. The third-order valence-electron chi connectivity index (χ3n) is 4.66. The molecule has 1 aliphatic rings. The van der Waals surface area contributed by atoms with Crippen molar-refractivity contribution >= 4 is 42.2 Å². The molecule has 0 aliphatic carbocycles. The van der Waals surface area contributed by atoms with E-state index in [1.807, 2.05) is 30.5 Å². The fraction of sp³-hybridized carbons (Fsp3) is 0.526. The number of thiol groups is 1.